The van der Waals surface area contributed by atoms with Crippen molar-refractivity contribution in [1.82, 2.24) is 10.2 Å². The molecule has 0 fully saturated rings. The van der Waals surface area contributed by atoms with Crippen molar-refractivity contribution in [1.29, 1.82) is 0 Å². The van der Waals surface area contributed by atoms with Crippen LogP contribution in [0.25, 0.3) is 10.8 Å². The molecule has 0 aliphatic heterocycles. The fourth-order valence-corrected chi connectivity index (χ4v) is 3.51. The fourth-order valence-electron chi connectivity index (χ4n) is 2.85. The van der Waals surface area contributed by atoms with E-state index in [-0.39, 0.29) is 6.03 Å². The largest absolute Gasteiger partial charge is 0.334 e. The van der Waals surface area contributed by atoms with Gasteiger partial charge in [-0.1, -0.05) is 49.4 Å². The number of hydrogen-bond acceptors (Lipinski definition) is 2. The maximum absolute atomic E-state index is 12.6. The van der Waals surface area contributed by atoms with E-state index in [2.05, 4.69) is 48.0 Å². The van der Waals surface area contributed by atoms with Crippen molar-refractivity contribution in [2.75, 3.05) is 6.54 Å². The summed E-state index contributed by atoms with van der Waals surface area (Å²) in [6.45, 7) is 4.07. The van der Waals surface area contributed by atoms with Crippen LogP contribution in [-0.2, 0) is 13.1 Å². The molecule has 0 unspecified atom stereocenters. The molecule has 3 nitrogen and oxygen atoms in total. The highest BCUT2D eigenvalue weighted by atomic mass is 32.1. The van der Waals surface area contributed by atoms with E-state index in [1.807, 2.05) is 28.5 Å². The van der Waals surface area contributed by atoms with E-state index in [4.69, 9.17) is 0 Å². The van der Waals surface area contributed by atoms with Crippen LogP contribution in [0, 0.1) is 0 Å². The molecule has 2 aromatic carbocycles. The summed E-state index contributed by atoms with van der Waals surface area (Å²) >= 11 is 1.66. The van der Waals surface area contributed by atoms with E-state index in [9.17, 15) is 4.79 Å². The third-order valence-electron chi connectivity index (χ3n) is 4.04. The lowest BCUT2D eigenvalue weighted by Gasteiger charge is -2.22. The Hall–Kier alpha value is -2.33. The van der Waals surface area contributed by atoms with Crippen molar-refractivity contribution in [3.8, 4) is 0 Å². The van der Waals surface area contributed by atoms with Gasteiger partial charge in [-0.25, -0.2) is 4.79 Å². The van der Waals surface area contributed by atoms with Crippen molar-refractivity contribution in [3.63, 3.8) is 0 Å². The van der Waals surface area contributed by atoms with Gasteiger partial charge in [0.25, 0.3) is 0 Å². The second kappa shape index (κ2) is 7.97. The zero-order valence-electron chi connectivity index (χ0n) is 13.9. The smallest absolute Gasteiger partial charge is 0.317 e. The van der Waals surface area contributed by atoms with Crippen LogP contribution in [0.2, 0.25) is 0 Å². The summed E-state index contributed by atoms with van der Waals surface area (Å²) in [6, 6.07) is 16.6. The van der Waals surface area contributed by atoms with E-state index in [0.717, 1.165) is 18.5 Å². The average Bonchev–Trinajstić information content (AvgIpc) is 3.12. The Morgan fingerprint density at radius 2 is 1.96 bits per heavy atom. The Kier molecular flexibility index (Phi) is 5.49. The zero-order chi connectivity index (χ0) is 16.8. The van der Waals surface area contributed by atoms with Crippen LogP contribution >= 0.6 is 11.3 Å². The second-order valence-electron chi connectivity index (χ2n) is 5.85. The highest BCUT2D eigenvalue weighted by molar-refractivity contribution is 7.07. The second-order valence-corrected chi connectivity index (χ2v) is 6.63. The molecule has 0 aliphatic carbocycles. The summed E-state index contributed by atoms with van der Waals surface area (Å²) < 4.78 is 0. The molecule has 0 atom stereocenters. The molecule has 3 aromatic rings. The van der Waals surface area contributed by atoms with Gasteiger partial charge in [-0.05, 0) is 45.1 Å². The molecular formula is C20H22N2OS. The lowest BCUT2D eigenvalue weighted by Crippen LogP contribution is -2.39. The van der Waals surface area contributed by atoms with Crippen LogP contribution in [0.1, 0.15) is 24.5 Å². The molecule has 1 N–H and O–H groups in total. The van der Waals surface area contributed by atoms with Crippen LogP contribution in [-0.4, -0.2) is 17.5 Å². The molecule has 3 rings (SSSR count). The van der Waals surface area contributed by atoms with Crippen molar-refractivity contribution >= 4 is 28.1 Å². The van der Waals surface area contributed by atoms with Crippen molar-refractivity contribution in [3.05, 3.63) is 70.4 Å². The number of nitrogens with one attached hydrogen (secondary N) is 1. The van der Waals surface area contributed by atoms with E-state index < -0.39 is 0 Å². The number of urea groups is 1. The Bertz CT molecular complexity index is 793. The van der Waals surface area contributed by atoms with Crippen molar-refractivity contribution < 1.29 is 4.79 Å². The number of rotatable bonds is 6. The molecule has 4 heteroatoms. The van der Waals surface area contributed by atoms with Gasteiger partial charge in [0.05, 0.1) is 0 Å². The first-order chi connectivity index (χ1) is 11.8. The highest BCUT2D eigenvalue weighted by Gasteiger charge is 2.13. The lowest BCUT2D eigenvalue weighted by molar-refractivity contribution is 0.195. The van der Waals surface area contributed by atoms with Crippen molar-refractivity contribution in [2.45, 2.75) is 26.4 Å². The Labute approximate surface area is 146 Å². The van der Waals surface area contributed by atoms with Gasteiger partial charge in [-0.15, -0.1) is 0 Å². The number of carbonyl (C=O) groups excluding carboxylic acids is 1. The van der Waals surface area contributed by atoms with E-state index in [1.54, 1.807) is 11.3 Å². The molecule has 2 amide bonds. The number of hydrogen-bond donors (Lipinski definition) is 1. The van der Waals surface area contributed by atoms with Crippen LogP contribution in [0.15, 0.2) is 59.3 Å². The summed E-state index contributed by atoms with van der Waals surface area (Å²) in [5, 5.41) is 9.62. The summed E-state index contributed by atoms with van der Waals surface area (Å²) in [4.78, 5) is 14.5. The van der Waals surface area contributed by atoms with Crippen LogP contribution in [0.4, 0.5) is 4.79 Å². The molecule has 0 bridgehead atoms. The van der Waals surface area contributed by atoms with Gasteiger partial charge < -0.3 is 10.2 Å². The average molecular weight is 338 g/mol. The number of nitrogens with zero attached hydrogens (tertiary/aromatic N) is 1. The zero-order valence-corrected chi connectivity index (χ0v) is 14.7. The predicted octanol–water partition coefficient (Wildman–Crippen LogP) is 5.02. The van der Waals surface area contributed by atoms with Crippen LogP contribution in [0.3, 0.4) is 0 Å². The molecule has 1 aromatic heterocycles. The van der Waals surface area contributed by atoms with E-state index in [1.165, 1.54) is 16.3 Å². The normalized spacial score (nSPS) is 10.7. The SMILES string of the molecule is CCCN(Cc1ccsc1)C(=O)NCc1cccc2ccccc12. The van der Waals surface area contributed by atoms with Gasteiger partial charge in [0, 0.05) is 19.6 Å². The van der Waals surface area contributed by atoms with Gasteiger partial charge in [0.15, 0.2) is 0 Å². The molecule has 0 radical (unpaired) electrons. The van der Waals surface area contributed by atoms with Crippen LogP contribution in [0.5, 0.6) is 0 Å². The third kappa shape index (κ3) is 3.95. The third-order valence-corrected chi connectivity index (χ3v) is 4.78. The maximum Gasteiger partial charge on any atom is 0.317 e. The summed E-state index contributed by atoms with van der Waals surface area (Å²) in [5.41, 5.74) is 2.34. The minimum atomic E-state index is -0.00372. The Balaban J connectivity index is 1.68. The van der Waals surface area contributed by atoms with Crippen molar-refractivity contribution in [2.24, 2.45) is 0 Å². The molecular weight excluding hydrogens is 316 g/mol. The fraction of sp³-hybridized carbons (Fsp3) is 0.250. The monoisotopic (exact) mass is 338 g/mol. The predicted molar refractivity (Wildman–Crippen MR) is 101 cm³/mol. The minimum Gasteiger partial charge on any atom is -0.334 e. The first-order valence-electron chi connectivity index (χ1n) is 8.28. The number of fused-ring (bicyclic) bond motifs is 1. The standard InChI is InChI=1S/C20H22N2OS/c1-2-11-22(14-16-10-12-24-15-16)20(23)21-13-18-8-5-7-17-6-3-4-9-19(17)18/h3-10,12,15H,2,11,13-14H2,1H3,(H,21,23). The molecule has 24 heavy (non-hydrogen) atoms. The van der Waals surface area contributed by atoms with Gasteiger partial charge >= 0.3 is 6.03 Å². The summed E-state index contributed by atoms with van der Waals surface area (Å²) in [5.74, 6) is 0. The number of benzene rings is 2. The molecule has 0 spiro atoms. The molecule has 1 heterocycles. The molecule has 124 valence electrons. The maximum atomic E-state index is 12.6. The number of amides is 2. The molecule has 0 saturated carbocycles. The quantitative estimate of drug-likeness (QED) is 0.672. The van der Waals surface area contributed by atoms with E-state index in [0.29, 0.717) is 13.1 Å². The topological polar surface area (TPSA) is 32.3 Å². The molecule has 0 saturated heterocycles. The number of thiophene rings is 1. The van der Waals surface area contributed by atoms with Gasteiger partial charge in [0.2, 0.25) is 0 Å². The minimum absolute atomic E-state index is 0.00372. The van der Waals surface area contributed by atoms with Gasteiger partial charge in [-0.3, -0.25) is 0 Å². The first kappa shape index (κ1) is 16.5. The summed E-state index contributed by atoms with van der Waals surface area (Å²) in [7, 11) is 0. The summed E-state index contributed by atoms with van der Waals surface area (Å²) in [6.07, 6.45) is 0.950. The van der Waals surface area contributed by atoms with Gasteiger partial charge in [-0.2, -0.15) is 11.3 Å². The van der Waals surface area contributed by atoms with E-state index >= 15 is 0 Å². The highest BCUT2D eigenvalue weighted by Crippen LogP contribution is 2.18. The Morgan fingerprint density at radius 1 is 1.12 bits per heavy atom. The molecule has 0 aliphatic rings. The van der Waals surface area contributed by atoms with Crippen LogP contribution < -0.4 is 5.32 Å². The Morgan fingerprint density at radius 3 is 2.75 bits per heavy atom. The van der Waals surface area contributed by atoms with Gasteiger partial charge in [0.1, 0.15) is 0 Å². The lowest BCUT2D eigenvalue weighted by atomic mass is 10.0. The number of carbonyl (C=O) groups is 1. The first-order valence-corrected chi connectivity index (χ1v) is 9.22.